The van der Waals surface area contributed by atoms with Crippen molar-refractivity contribution < 1.29 is 9.18 Å². The van der Waals surface area contributed by atoms with Crippen LogP contribution in [0.5, 0.6) is 0 Å². The molecule has 0 heterocycles. The van der Waals surface area contributed by atoms with E-state index in [4.69, 9.17) is 5.73 Å². The van der Waals surface area contributed by atoms with Crippen molar-refractivity contribution in [3.63, 3.8) is 0 Å². The maximum Gasteiger partial charge on any atom is 0.237 e. The van der Waals surface area contributed by atoms with Crippen LogP contribution < -0.4 is 11.1 Å². The average Bonchev–Trinajstić information content (AvgIpc) is 2.21. The molecule has 2 atom stereocenters. The first kappa shape index (κ1) is 12.6. The highest BCUT2D eigenvalue weighted by molar-refractivity contribution is 5.81. The summed E-state index contributed by atoms with van der Waals surface area (Å²) in [6, 6.07) is 4.12. The van der Waals surface area contributed by atoms with E-state index in [2.05, 4.69) is 5.32 Å². The predicted octanol–water partition coefficient (Wildman–Crippen LogP) is 1.66. The van der Waals surface area contributed by atoms with Crippen molar-refractivity contribution in [3.8, 4) is 0 Å². The molecule has 0 bridgehead atoms. The number of aryl methyl sites for hydroxylation is 1. The van der Waals surface area contributed by atoms with Gasteiger partial charge in [-0.3, -0.25) is 4.79 Å². The molecule has 1 amide bonds. The number of carbonyl (C=O) groups is 1. The molecule has 1 aromatic rings. The van der Waals surface area contributed by atoms with E-state index in [9.17, 15) is 9.18 Å². The molecule has 4 heteroatoms. The molecular weight excluding hydrogens is 207 g/mol. The largest absolute Gasteiger partial charge is 0.348 e. The third kappa shape index (κ3) is 3.03. The third-order valence-corrected chi connectivity index (χ3v) is 2.47. The minimum atomic E-state index is -0.558. The zero-order chi connectivity index (χ0) is 12.3. The van der Waals surface area contributed by atoms with Gasteiger partial charge >= 0.3 is 0 Å². The van der Waals surface area contributed by atoms with Crippen LogP contribution in [0, 0.1) is 12.7 Å². The highest BCUT2D eigenvalue weighted by Crippen LogP contribution is 2.16. The summed E-state index contributed by atoms with van der Waals surface area (Å²) < 4.78 is 13.3. The molecule has 1 unspecified atom stereocenters. The van der Waals surface area contributed by atoms with Gasteiger partial charge in [-0.2, -0.15) is 0 Å². The van der Waals surface area contributed by atoms with Gasteiger partial charge in [0.1, 0.15) is 5.82 Å². The van der Waals surface area contributed by atoms with E-state index in [1.54, 1.807) is 32.9 Å². The van der Waals surface area contributed by atoms with Crippen LogP contribution in [0.1, 0.15) is 31.0 Å². The number of amides is 1. The second-order valence-electron chi connectivity index (χ2n) is 4.03. The molecule has 0 fully saturated rings. The fraction of sp³-hybridized carbons (Fsp3) is 0.417. The van der Waals surface area contributed by atoms with E-state index in [1.165, 1.54) is 6.07 Å². The average molecular weight is 224 g/mol. The number of hydrogen-bond donors (Lipinski definition) is 2. The minimum Gasteiger partial charge on any atom is -0.348 e. The molecule has 0 saturated heterocycles. The van der Waals surface area contributed by atoms with Crippen molar-refractivity contribution >= 4 is 5.91 Å². The summed E-state index contributed by atoms with van der Waals surface area (Å²) in [6.45, 7) is 5.10. The second kappa shape index (κ2) is 5.07. The second-order valence-corrected chi connectivity index (χ2v) is 4.03. The van der Waals surface area contributed by atoms with Crippen LogP contribution in [0.3, 0.4) is 0 Å². The molecule has 0 aliphatic rings. The van der Waals surface area contributed by atoms with Crippen molar-refractivity contribution in [2.24, 2.45) is 5.73 Å². The number of carbonyl (C=O) groups excluding carboxylic acids is 1. The Morgan fingerprint density at radius 2 is 2.06 bits per heavy atom. The molecule has 3 nitrogen and oxygen atoms in total. The Bertz CT molecular complexity index is 391. The Labute approximate surface area is 94.8 Å². The molecule has 3 N–H and O–H groups in total. The summed E-state index contributed by atoms with van der Waals surface area (Å²) in [6.07, 6.45) is 0. The lowest BCUT2D eigenvalue weighted by atomic mass is 10.1. The summed E-state index contributed by atoms with van der Waals surface area (Å²) in [5.41, 5.74) is 6.76. The van der Waals surface area contributed by atoms with E-state index in [0.29, 0.717) is 5.56 Å². The topological polar surface area (TPSA) is 55.1 Å². The van der Waals surface area contributed by atoms with Crippen LogP contribution in [0.15, 0.2) is 18.2 Å². The standard InChI is InChI=1S/C12H17FN2O/c1-7-4-5-10(6-11(7)13)9(3)15-12(16)8(2)14/h4-6,8-9H,14H2,1-3H3,(H,15,16)/t8-,9?/m0/s1. The van der Waals surface area contributed by atoms with Crippen LogP contribution in [-0.4, -0.2) is 11.9 Å². The van der Waals surface area contributed by atoms with Crippen molar-refractivity contribution in [2.45, 2.75) is 32.9 Å². The van der Waals surface area contributed by atoms with Crippen LogP contribution >= 0.6 is 0 Å². The molecule has 16 heavy (non-hydrogen) atoms. The maximum atomic E-state index is 13.3. The van der Waals surface area contributed by atoms with Gasteiger partial charge in [0.25, 0.3) is 0 Å². The number of nitrogens with two attached hydrogens (primary N) is 1. The van der Waals surface area contributed by atoms with Crippen molar-refractivity contribution in [1.82, 2.24) is 5.32 Å². The molecule has 0 aliphatic heterocycles. The first-order valence-corrected chi connectivity index (χ1v) is 5.24. The van der Waals surface area contributed by atoms with Crippen molar-refractivity contribution in [1.29, 1.82) is 0 Å². The Hall–Kier alpha value is -1.42. The van der Waals surface area contributed by atoms with E-state index in [1.807, 2.05) is 0 Å². The van der Waals surface area contributed by atoms with Crippen LogP contribution in [-0.2, 0) is 4.79 Å². The number of hydrogen-bond acceptors (Lipinski definition) is 2. The van der Waals surface area contributed by atoms with Gasteiger partial charge in [-0.05, 0) is 38.0 Å². The van der Waals surface area contributed by atoms with E-state index >= 15 is 0 Å². The molecule has 0 radical (unpaired) electrons. The third-order valence-electron chi connectivity index (χ3n) is 2.47. The van der Waals surface area contributed by atoms with Crippen LogP contribution in [0.25, 0.3) is 0 Å². The summed E-state index contributed by atoms with van der Waals surface area (Å²) >= 11 is 0. The molecule has 0 spiro atoms. The molecule has 0 aromatic heterocycles. The van der Waals surface area contributed by atoms with Crippen LogP contribution in [0.2, 0.25) is 0 Å². The SMILES string of the molecule is Cc1ccc(C(C)NC(=O)[C@H](C)N)cc1F. The fourth-order valence-corrected chi connectivity index (χ4v) is 1.31. The van der Waals surface area contributed by atoms with Gasteiger partial charge in [-0.15, -0.1) is 0 Å². The predicted molar refractivity (Wildman–Crippen MR) is 61.3 cm³/mol. The zero-order valence-corrected chi connectivity index (χ0v) is 9.75. The maximum absolute atomic E-state index is 13.3. The van der Waals surface area contributed by atoms with Gasteiger partial charge in [0.2, 0.25) is 5.91 Å². The van der Waals surface area contributed by atoms with Crippen molar-refractivity contribution in [3.05, 3.63) is 35.1 Å². The van der Waals surface area contributed by atoms with Gasteiger partial charge in [-0.25, -0.2) is 4.39 Å². The molecule has 1 aromatic carbocycles. The smallest absolute Gasteiger partial charge is 0.237 e. The van der Waals surface area contributed by atoms with Gasteiger partial charge in [0.05, 0.1) is 12.1 Å². The summed E-state index contributed by atoms with van der Waals surface area (Å²) in [5.74, 6) is -0.507. The van der Waals surface area contributed by atoms with Gasteiger partial charge in [0.15, 0.2) is 0 Å². The van der Waals surface area contributed by atoms with E-state index < -0.39 is 6.04 Å². The number of nitrogens with one attached hydrogen (secondary N) is 1. The number of benzene rings is 1. The summed E-state index contributed by atoms with van der Waals surface area (Å²) in [5, 5.41) is 2.71. The quantitative estimate of drug-likeness (QED) is 0.820. The molecule has 0 aliphatic carbocycles. The Morgan fingerprint density at radius 3 is 2.56 bits per heavy atom. The Balaban J connectivity index is 2.77. The molecule has 0 saturated carbocycles. The van der Waals surface area contributed by atoms with Gasteiger partial charge < -0.3 is 11.1 Å². The van der Waals surface area contributed by atoms with Crippen LogP contribution in [0.4, 0.5) is 4.39 Å². The Kier molecular flexibility index (Phi) is 4.01. The van der Waals surface area contributed by atoms with E-state index in [0.717, 1.165) is 5.56 Å². The summed E-state index contributed by atoms with van der Waals surface area (Å²) in [4.78, 5) is 11.3. The lowest BCUT2D eigenvalue weighted by Gasteiger charge is -2.16. The molecule has 88 valence electrons. The lowest BCUT2D eigenvalue weighted by Crippen LogP contribution is -2.39. The normalized spacial score (nSPS) is 14.3. The first-order valence-electron chi connectivity index (χ1n) is 5.24. The lowest BCUT2D eigenvalue weighted by molar-refractivity contribution is -0.122. The van der Waals surface area contributed by atoms with Crippen molar-refractivity contribution in [2.75, 3.05) is 0 Å². The van der Waals surface area contributed by atoms with E-state index in [-0.39, 0.29) is 17.8 Å². The minimum absolute atomic E-state index is 0.242. The fourth-order valence-electron chi connectivity index (χ4n) is 1.31. The zero-order valence-electron chi connectivity index (χ0n) is 9.75. The van der Waals surface area contributed by atoms with Gasteiger partial charge in [0, 0.05) is 0 Å². The summed E-state index contributed by atoms with van der Waals surface area (Å²) in [7, 11) is 0. The van der Waals surface area contributed by atoms with Gasteiger partial charge in [-0.1, -0.05) is 12.1 Å². The first-order chi connectivity index (χ1) is 7.41. The molecular formula is C12H17FN2O. The number of halogens is 1. The monoisotopic (exact) mass is 224 g/mol. The highest BCUT2D eigenvalue weighted by atomic mass is 19.1. The Morgan fingerprint density at radius 1 is 1.44 bits per heavy atom. The highest BCUT2D eigenvalue weighted by Gasteiger charge is 2.13. The number of rotatable bonds is 3. The molecule has 1 rings (SSSR count).